The van der Waals surface area contributed by atoms with Gasteiger partial charge in [-0.1, -0.05) is 42.5 Å². The van der Waals surface area contributed by atoms with Gasteiger partial charge in [-0.15, -0.1) is 0 Å². The van der Waals surface area contributed by atoms with Crippen molar-refractivity contribution in [1.82, 2.24) is 0 Å². The van der Waals surface area contributed by atoms with Crippen LogP contribution in [0.5, 0.6) is 0 Å². The van der Waals surface area contributed by atoms with Gasteiger partial charge in [0.15, 0.2) is 0 Å². The molecule has 0 radical (unpaired) electrons. The molecule has 2 N–H and O–H groups in total. The molecule has 0 amide bonds. The molecule has 1 rings (SSSR count). The minimum Gasteiger partial charge on any atom is -0.330 e. The second kappa shape index (κ2) is 6.75. The molecule has 2 heteroatoms. The first-order valence-corrected chi connectivity index (χ1v) is 5.58. The van der Waals surface area contributed by atoms with Crippen molar-refractivity contribution in [3.8, 4) is 0 Å². The monoisotopic (exact) mass is 193 g/mol. The Kier molecular flexibility index (Phi) is 5.38. The van der Waals surface area contributed by atoms with Crippen molar-refractivity contribution in [2.45, 2.75) is 0 Å². The van der Waals surface area contributed by atoms with E-state index in [-0.39, 0.29) is 0 Å². The molecule has 0 heterocycles. The van der Waals surface area contributed by atoms with Crippen LogP contribution in [0.15, 0.2) is 36.4 Å². The molecule has 0 fully saturated rings. The van der Waals surface area contributed by atoms with Crippen LogP contribution in [-0.4, -0.2) is 18.1 Å². The van der Waals surface area contributed by atoms with Crippen LogP contribution in [0.4, 0.5) is 0 Å². The summed E-state index contributed by atoms with van der Waals surface area (Å²) < 4.78 is 0. The number of rotatable bonds is 5. The van der Waals surface area contributed by atoms with Crippen molar-refractivity contribution >= 4 is 17.8 Å². The number of hydrogen-bond acceptors (Lipinski definition) is 2. The van der Waals surface area contributed by atoms with E-state index in [1.807, 2.05) is 30.0 Å². The largest absolute Gasteiger partial charge is 0.330 e. The summed E-state index contributed by atoms with van der Waals surface area (Å²) in [6.07, 6.45) is 4.32. The van der Waals surface area contributed by atoms with Gasteiger partial charge in [0.1, 0.15) is 0 Å². The smallest absolute Gasteiger partial charge is 0.0117 e. The van der Waals surface area contributed by atoms with Crippen LogP contribution in [0.1, 0.15) is 5.56 Å². The zero-order valence-corrected chi connectivity index (χ0v) is 8.46. The molecule has 13 heavy (non-hydrogen) atoms. The van der Waals surface area contributed by atoms with Crippen LogP contribution >= 0.6 is 11.8 Å². The minimum atomic E-state index is 0.768. The van der Waals surface area contributed by atoms with Crippen molar-refractivity contribution in [1.29, 1.82) is 0 Å². The van der Waals surface area contributed by atoms with E-state index in [9.17, 15) is 0 Å². The second-order valence-corrected chi connectivity index (χ2v) is 3.83. The first-order chi connectivity index (χ1) is 6.43. The summed E-state index contributed by atoms with van der Waals surface area (Å²) in [6, 6.07) is 10.3. The third kappa shape index (κ3) is 4.76. The van der Waals surface area contributed by atoms with Gasteiger partial charge in [0.05, 0.1) is 0 Å². The lowest BCUT2D eigenvalue weighted by Gasteiger charge is -1.93. The normalized spacial score (nSPS) is 10.8. The SMILES string of the molecule is NCCSCC=Cc1ccccc1. The van der Waals surface area contributed by atoms with E-state index < -0.39 is 0 Å². The van der Waals surface area contributed by atoms with Crippen molar-refractivity contribution in [2.75, 3.05) is 18.1 Å². The van der Waals surface area contributed by atoms with Gasteiger partial charge in [-0.25, -0.2) is 0 Å². The van der Waals surface area contributed by atoms with Crippen molar-refractivity contribution in [3.63, 3.8) is 0 Å². The lowest BCUT2D eigenvalue weighted by molar-refractivity contribution is 1.15. The van der Waals surface area contributed by atoms with Crippen LogP contribution in [0.3, 0.4) is 0 Å². The van der Waals surface area contributed by atoms with Gasteiger partial charge in [0.25, 0.3) is 0 Å². The molecule has 0 aromatic heterocycles. The summed E-state index contributed by atoms with van der Waals surface area (Å²) in [4.78, 5) is 0. The molecule has 0 bridgehead atoms. The Morgan fingerprint density at radius 2 is 2.00 bits per heavy atom. The van der Waals surface area contributed by atoms with Gasteiger partial charge in [0, 0.05) is 18.1 Å². The Labute approximate surface area is 84.0 Å². The highest BCUT2D eigenvalue weighted by Crippen LogP contribution is 2.03. The molecule has 1 aromatic rings. The molecule has 70 valence electrons. The fourth-order valence-electron chi connectivity index (χ4n) is 0.983. The highest BCUT2D eigenvalue weighted by molar-refractivity contribution is 7.99. The summed E-state index contributed by atoms with van der Waals surface area (Å²) in [5, 5.41) is 0. The maximum absolute atomic E-state index is 5.38. The summed E-state index contributed by atoms with van der Waals surface area (Å²) >= 11 is 1.86. The van der Waals surface area contributed by atoms with Crippen molar-refractivity contribution < 1.29 is 0 Å². The van der Waals surface area contributed by atoms with E-state index in [0.29, 0.717) is 0 Å². The standard InChI is InChI=1S/C11H15NS/c12-8-10-13-9-4-7-11-5-2-1-3-6-11/h1-7H,8-10,12H2. The van der Waals surface area contributed by atoms with Gasteiger partial charge in [0.2, 0.25) is 0 Å². The Balaban J connectivity index is 2.25. The molecule has 0 saturated heterocycles. The van der Waals surface area contributed by atoms with E-state index in [4.69, 9.17) is 5.73 Å². The van der Waals surface area contributed by atoms with Crippen LogP contribution in [0, 0.1) is 0 Å². The third-order valence-electron chi connectivity index (χ3n) is 1.59. The lowest BCUT2D eigenvalue weighted by atomic mass is 10.2. The fourth-order valence-corrected chi connectivity index (χ4v) is 1.55. The zero-order chi connectivity index (χ0) is 9.36. The predicted octanol–water partition coefficient (Wildman–Crippen LogP) is 2.39. The molecular weight excluding hydrogens is 178 g/mol. The summed E-state index contributed by atoms with van der Waals surface area (Å²) in [6.45, 7) is 0.768. The van der Waals surface area contributed by atoms with Gasteiger partial charge >= 0.3 is 0 Å². The zero-order valence-electron chi connectivity index (χ0n) is 7.65. The average Bonchev–Trinajstić information content (AvgIpc) is 2.19. The molecular formula is C11H15NS. The van der Waals surface area contributed by atoms with Crippen LogP contribution < -0.4 is 5.73 Å². The Morgan fingerprint density at radius 3 is 2.69 bits per heavy atom. The number of thioether (sulfide) groups is 1. The first-order valence-electron chi connectivity index (χ1n) is 4.43. The van der Waals surface area contributed by atoms with E-state index in [0.717, 1.165) is 18.1 Å². The quantitative estimate of drug-likeness (QED) is 0.727. The average molecular weight is 193 g/mol. The van der Waals surface area contributed by atoms with E-state index in [1.54, 1.807) is 0 Å². The third-order valence-corrected chi connectivity index (χ3v) is 2.54. The van der Waals surface area contributed by atoms with E-state index >= 15 is 0 Å². The second-order valence-electron chi connectivity index (χ2n) is 2.68. The van der Waals surface area contributed by atoms with Crippen molar-refractivity contribution in [3.05, 3.63) is 42.0 Å². The molecule has 1 nitrogen and oxygen atoms in total. The summed E-state index contributed by atoms with van der Waals surface area (Å²) in [5.74, 6) is 2.09. The fraction of sp³-hybridized carbons (Fsp3) is 0.273. The Bertz CT molecular complexity index is 244. The topological polar surface area (TPSA) is 26.0 Å². The van der Waals surface area contributed by atoms with E-state index in [1.165, 1.54) is 5.56 Å². The van der Waals surface area contributed by atoms with E-state index in [2.05, 4.69) is 24.3 Å². The van der Waals surface area contributed by atoms with Crippen LogP contribution in [-0.2, 0) is 0 Å². The Morgan fingerprint density at radius 1 is 1.23 bits per heavy atom. The maximum atomic E-state index is 5.38. The maximum Gasteiger partial charge on any atom is 0.0117 e. The van der Waals surface area contributed by atoms with Crippen LogP contribution in [0.25, 0.3) is 6.08 Å². The van der Waals surface area contributed by atoms with Gasteiger partial charge in [-0.05, 0) is 5.56 Å². The van der Waals surface area contributed by atoms with Gasteiger partial charge in [-0.3, -0.25) is 0 Å². The molecule has 1 aromatic carbocycles. The van der Waals surface area contributed by atoms with Gasteiger partial charge in [-0.2, -0.15) is 11.8 Å². The first kappa shape index (κ1) is 10.4. The summed E-state index contributed by atoms with van der Waals surface area (Å²) in [7, 11) is 0. The molecule has 0 saturated carbocycles. The lowest BCUT2D eigenvalue weighted by Crippen LogP contribution is -2.01. The highest BCUT2D eigenvalue weighted by Gasteiger charge is 1.83. The number of nitrogens with two attached hydrogens (primary N) is 1. The highest BCUT2D eigenvalue weighted by atomic mass is 32.2. The molecule has 0 unspecified atom stereocenters. The van der Waals surface area contributed by atoms with Crippen LogP contribution in [0.2, 0.25) is 0 Å². The minimum absolute atomic E-state index is 0.768. The van der Waals surface area contributed by atoms with Crippen molar-refractivity contribution in [2.24, 2.45) is 5.73 Å². The molecule has 0 aliphatic rings. The summed E-state index contributed by atoms with van der Waals surface area (Å²) in [5.41, 5.74) is 6.64. The molecule has 0 aliphatic carbocycles. The number of hydrogen-bond donors (Lipinski definition) is 1. The number of benzene rings is 1. The molecule has 0 atom stereocenters. The Hall–Kier alpha value is -0.730. The molecule has 0 aliphatic heterocycles. The van der Waals surface area contributed by atoms with Gasteiger partial charge < -0.3 is 5.73 Å². The predicted molar refractivity (Wildman–Crippen MR) is 61.9 cm³/mol. The molecule has 0 spiro atoms.